The number of H-pyrrole nitrogens is 1. The van der Waals surface area contributed by atoms with Crippen LogP contribution >= 0.6 is 0 Å². The van der Waals surface area contributed by atoms with E-state index in [2.05, 4.69) is 27.8 Å². The van der Waals surface area contributed by atoms with Crippen molar-refractivity contribution in [3.8, 4) is 0 Å². The molecular formula is C4H3N4ReRf-. The summed E-state index contributed by atoms with van der Waals surface area (Å²) < 4.78 is 1.54. The van der Waals surface area contributed by atoms with Crippen LogP contribution in [0.3, 0.4) is 0 Å². The molecule has 0 aromatic carbocycles. The fourth-order valence-corrected chi connectivity index (χ4v) is 0.623. The third-order valence-corrected chi connectivity index (χ3v) is 1.00. The van der Waals surface area contributed by atoms with Crippen molar-refractivity contribution in [2.45, 2.75) is 6.42 Å². The van der Waals surface area contributed by atoms with Gasteiger partial charge < -0.3 is 16.0 Å². The van der Waals surface area contributed by atoms with Gasteiger partial charge in [0.15, 0.2) is 6.33 Å². The Morgan fingerprint density at radius 2 is 2.40 bits per heavy atom. The zero-order valence-electron chi connectivity index (χ0n) is 5.13. The van der Waals surface area contributed by atoms with E-state index in [4.69, 9.17) is 0 Å². The molecule has 49 valence electrons. The molecule has 10 heavy (non-hydrogen) atoms. The molecule has 0 spiro atoms. The molecule has 0 saturated carbocycles. The van der Waals surface area contributed by atoms with Crippen LogP contribution in [0.1, 0.15) is 5.82 Å². The van der Waals surface area contributed by atoms with E-state index < -0.39 is 0 Å². The van der Waals surface area contributed by atoms with E-state index >= 15 is 0 Å². The van der Waals surface area contributed by atoms with Gasteiger partial charge in [-0.3, -0.25) is 0 Å². The molecule has 0 amide bonds. The van der Waals surface area contributed by atoms with Gasteiger partial charge in [0.2, 0.25) is 0 Å². The molecule has 6 heteroatoms. The van der Waals surface area contributed by atoms with Gasteiger partial charge in [0.1, 0.15) is 0 Å². The largest absolute Gasteiger partial charge is 0.366 e. The van der Waals surface area contributed by atoms with Crippen molar-refractivity contribution >= 4 is 6.21 Å². The van der Waals surface area contributed by atoms with Gasteiger partial charge in [-0.15, -0.1) is 6.42 Å². The summed E-state index contributed by atoms with van der Waals surface area (Å²) in [5.74, 6) is 0.935. The fraction of sp³-hybridized carbons (Fsp3) is 0.250. The topological polar surface area (TPSA) is 44.9 Å². The summed E-state index contributed by atoms with van der Waals surface area (Å²) in [7, 11) is 0. The Kier molecular flexibility index (Phi) is 2.42. The summed E-state index contributed by atoms with van der Waals surface area (Å²) in [6.07, 6.45) is 6.07. The van der Waals surface area contributed by atoms with E-state index in [0.717, 1.165) is 12.2 Å². The summed E-state index contributed by atoms with van der Waals surface area (Å²) in [6.45, 7) is 0. The van der Waals surface area contributed by atoms with Crippen molar-refractivity contribution < 1.29 is 25.1 Å². The zero-order chi connectivity index (χ0) is 5.40. The predicted molar refractivity (Wildman–Crippen MR) is 24.2 cm³/mol. The molecule has 1 aliphatic rings. The van der Waals surface area contributed by atoms with Gasteiger partial charge in [-0.1, -0.05) is 5.10 Å². The van der Waals surface area contributed by atoms with Gasteiger partial charge in [0, 0.05) is 20.4 Å². The van der Waals surface area contributed by atoms with Gasteiger partial charge in [-0.25, -0.2) is 5.10 Å². The Labute approximate surface area is 65.6 Å². The summed E-state index contributed by atoms with van der Waals surface area (Å²) in [5.41, 5.74) is 0. The number of nitrogens with one attached hydrogen (secondary N) is 1. The molecule has 1 N–H and O–H groups in total. The Hall–Kier alpha value is -1.53. The van der Waals surface area contributed by atoms with Crippen LogP contribution in [0.25, 0.3) is 0 Å². The van der Waals surface area contributed by atoms with Crippen LogP contribution in [0.5, 0.6) is 0 Å². The number of aromatic amines is 1. The maximum atomic E-state index is 3.78. The minimum Gasteiger partial charge on any atom is -0.366 e. The van der Waals surface area contributed by atoms with E-state index in [0.29, 0.717) is 0 Å². The molecule has 2 rings (SSSR count). The average Bonchev–Trinajstić information content (AvgIpc) is 2.15. The molecule has 0 atom stereocenters. The standard InChI is InChI=1S/C4H3N4.Re.Rf/c1-2-6-8-3-5-7-4(1)8;;/h7H,1H2;;/q-1;;. The van der Waals surface area contributed by atoms with E-state index in [1.807, 2.05) is 0 Å². The molecule has 1 aromatic heterocycles. The van der Waals surface area contributed by atoms with Gasteiger partial charge in [-0.05, 0) is 0 Å². The fourth-order valence-electron chi connectivity index (χ4n) is 0.623. The molecule has 0 bridgehead atoms. The molecule has 4 nitrogen and oxygen atoms in total. The first kappa shape index (κ1) is 8.47. The number of nitrogens with zero attached hydrogens (tertiary/aromatic N) is 3. The summed E-state index contributed by atoms with van der Waals surface area (Å²) in [5, 5.41) is 10.1. The quantitative estimate of drug-likeness (QED) is 0.314. The third-order valence-electron chi connectivity index (χ3n) is 1.00. The van der Waals surface area contributed by atoms with Crippen molar-refractivity contribution in [2.24, 2.45) is 5.10 Å². The molecule has 1 aliphatic heterocycles. The summed E-state index contributed by atoms with van der Waals surface area (Å²) >= 11 is 0. The Morgan fingerprint density at radius 1 is 1.60 bits per heavy atom. The SMILES string of the molecule is [C-]1=N[n+]2[c-]n[nH]c2C1.[Re].[Rf]. The minimum atomic E-state index is 0. The number of rotatable bonds is 0. The number of aromatic nitrogens is 3. The van der Waals surface area contributed by atoms with Crippen LogP contribution < -0.4 is 4.68 Å². The molecule has 2 heterocycles. The van der Waals surface area contributed by atoms with Crippen molar-refractivity contribution in [3.63, 3.8) is 0 Å². The van der Waals surface area contributed by atoms with Crippen LogP contribution in [-0.2, 0) is 26.8 Å². The van der Waals surface area contributed by atoms with Gasteiger partial charge in [0.05, 0.1) is 5.82 Å². The molecular weight excluding hydrogens is 557 g/mol. The second-order valence-electron chi connectivity index (χ2n) is 1.52. The monoisotopic (exact) mass is 561 g/mol. The van der Waals surface area contributed by atoms with Crippen LogP contribution in [0, 0.1) is 6.33 Å². The molecule has 0 unspecified atom stereocenters. The Morgan fingerprint density at radius 3 is 3.10 bits per heavy atom. The van der Waals surface area contributed by atoms with Crippen molar-refractivity contribution in [1.29, 1.82) is 0 Å². The maximum absolute atomic E-state index is 3.78. The summed E-state index contributed by atoms with van der Waals surface area (Å²) in [4.78, 5) is 0. The zero-order valence-corrected chi connectivity index (χ0v) is 14.2. The minimum absolute atomic E-state index is 0. The van der Waals surface area contributed by atoms with Crippen LogP contribution in [0.2, 0.25) is 0 Å². The molecule has 1 radical (unpaired) electrons. The second-order valence-corrected chi connectivity index (χ2v) is 1.52. The Bertz CT molecular complexity index is 233. The molecule has 0 aliphatic carbocycles. The van der Waals surface area contributed by atoms with Gasteiger partial charge in [-0.2, -0.15) is 0 Å². The Balaban J connectivity index is 0.000000405. The van der Waals surface area contributed by atoms with Crippen molar-refractivity contribution in [2.75, 3.05) is 0 Å². The predicted octanol–water partition coefficient (Wildman–Crippen LogP) is -1.24. The van der Waals surface area contributed by atoms with Crippen LogP contribution in [0.4, 0.5) is 0 Å². The average molecular weight is 560 g/mol. The molecule has 0 saturated heterocycles. The van der Waals surface area contributed by atoms with E-state index in [1.165, 1.54) is 0 Å². The normalized spacial score (nSPS) is 11.6. The first-order valence-corrected chi connectivity index (χ1v) is 2.28. The summed E-state index contributed by atoms with van der Waals surface area (Å²) in [6, 6.07) is 0. The van der Waals surface area contributed by atoms with Crippen LogP contribution in [-0.4, -0.2) is 16.4 Å². The maximum Gasteiger partial charge on any atom is 0.167 e. The van der Waals surface area contributed by atoms with E-state index in [1.54, 1.807) is 4.68 Å². The third kappa shape index (κ3) is 0.925. The van der Waals surface area contributed by atoms with Gasteiger partial charge >= 0.3 is 0 Å². The first-order valence-electron chi connectivity index (χ1n) is 2.28. The number of fused-ring (bicyclic) bond motifs is 1. The smallest absolute Gasteiger partial charge is 0.167 e. The molecule has 0 fully saturated rings. The van der Waals surface area contributed by atoms with Crippen LogP contribution in [0.15, 0.2) is 5.10 Å². The van der Waals surface area contributed by atoms with E-state index in [-0.39, 0.29) is 20.4 Å². The van der Waals surface area contributed by atoms with Crippen molar-refractivity contribution in [3.05, 3.63) is 12.2 Å². The number of hydrogen-bond acceptors (Lipinski definition) is 2. The first-order chi connectivity index (χ1) is 3.97. The molecule has 1 aromatic rings. The number of hydrogen-bond donors (Lipinski definition) is 1. The second kappa shape index (κ2) is 2.85. The van der Waals surface area contributed by atoms with Crippen molar-refractivity contribution in [1.82, 2.24) is 10.2 Å². The van der Waals surface area contributed by atoms with Gasteiger partial charge in [0.25, 0.3) is 0 Å². The van der Waals surface area contributed by atoms with E-state index in [9.17, 15) is 0 Å².